The molecule has 0 saturated carbocycles. The fourth-order valence-corrected chi connectivity index (χ4v) is 6.30. The highest BCUT2D eigenvalue weighted by atomic mass is 32.2. The summed E-state index contributed by atoms with van der Waals surface area (Å²) >= 11 is 0. The minimum Gasteiger partial charge on any atom is -0.387 e. The summed E-state index contributed by atoms with van der Waals surface area (Å²) in [5, 5.41) is 23.3. The van der Waals surface area contributed by atoms with E-state index in [1.165, 1.54) is 122 Å². The maximum atomic E-state index is 12.5. The second kappa shape index (κ2) is 31.4. The van der Waals surface area contributed by atoms with Crippen molar-refractivity contribution in [2.24, 2.45) is 0 Å². The van der Waals surface area contributed by atoms with Gasteiger partial charge in [-0.3, -0.25) is 9.35 Å². The van der Waals surface area contributed by atoms with E-state index in [4.69, 9.17) is 0 Å². The molecule has 0 aromatic rings. The van der Waals surface area contributed by atoms with Crippen molar-refractivity contribution in [3.05, 3.63) is 24.3 Å². The molecular formula is C37H71NO6S. The zero-order chi connectivity index (χ0) is 33.4. The van der Waals surface area contributed by atoms with Crippen molar-refractivity contribution < 1.29 is 28.0 Å². The molecule has 0 aliphatic heterocycles. The molecule has 0 fully saturated rings. The molecule has 0 saturated heterocycles. The molecule has 266 valence electrons. The normalized spacial score (nSPS) is 14.3. The lowest BCUT2D eigenvalue weighted by atomic mass is 10.0. The Balaban J connectivity index is 4.14. The van der Waals surface area contributed by atoms with Crippen LogP contribution in [0, 0.1) is 0 Å². The first-order valence-electron chi connectivity index (χ1n) is 18.6. The Bertz CT molecular complexity index is 829. The van der Waals surface area contributed by atoms with Gasteiger partial charge in [0.15, 0.2) is 0 Å². The highest BCUT2D eigenvalue weighted by Crippen LogP contribution is 2.14. The molecule has 45 heavy (non-hydrogen) atoms. The number of allylic oxidation sites excluding steroid dienone is 3. The summed E-state index contributed by atoms with van der Waals surface area (Å²) in [6.07, 6.45) is 35.2. The number of carbonyl (C=O) groups excluding carboxylic acids is 1. The van der Waals surface area contributed by atoms with Gasteiger partial charge < -0.3 is 15.5 Å². The predicted molar refractivity (Wildman–Crippen MR) is 190 cm³/mol. The SMILES string of the molecule is CCCCCCCC/C=C\CCCCC(O)C(=O)NC(CS(=O)(=O)O)C(O)/C=C/CCCCCCCCCCCCCCCC. The van der Waals surface area contributed by atoms with Crippen molar-refractivity contribution in [3.63, 3.8) is 0 Å². The second-order valence-electron chi connectivity index (χ2n) is 13.0. The molecule has 0 aromatic carbocycles. The molecular weight excluding hydrogens is 586 g/mol. The van der Waals surface area contributed by atoms with Gasteiger partial charge in [-0.05, 0) is 44.9 Å². The summed E-state index contributed by atoms with van der Waals surface area (Å²) in [7, 11) is -4.44. The van der Waals surface area contributed by atoms with E-state index in [9.17, 15) is 28.0 Å². The molecule has 0 aliphatic carbocycles. The fraction of sp³-hybridized carbons (Fsp3) is 0.865. The van der Waals surface area contributed by atoms with E-state index in [0.29, 0.717) is 6.42 Å². The first-order chi connectivity index (χ1) is 21.7. The summed E-state index contributed by atoms with van der Waals surface area (Å²) < 4.78 is 32.4. The third kappa shape index (κ3) is 31.2. The molecule has 0 spiro atoms. The van der Waals surface area contributed by atoms with E-state index in [1.807, 2.05) is 0 Å². The lowest BCUT2D eigenvalue weighted by molar-refractivity contribution is -0.130. The van der Waals surface area contributed by atoms with Gasteiger partial charge in [-0.15, -0.1) is 0 Å². The van der Waals surface area contributed by atoms with Crippen molar-refractivity contribution in [1.29, 1.82) is 0 Å². The van der Waals surface area contributed by atoms with Crippen molar-refractivity contribution in [2.75, 3.05) is 5.75 Å². The van der Waals surface area contributed by atoms with Gasteiger partial charge in [0.05, 0.1) is 17.9 Å². The molecule has 0 aromatic heterocycles. The number of aliphatic hydroxyl groups is 2. The van der Waals surface area contributed by atoms with Gasteiger partial charge in [-0.1, -0.05) is 160 Å². The molecule has 0 rings (SSSR count). The number of hydrogen-bond donors (Lipinski definition) is 4. The molecule has 3 atom stereocenters. The van der Waals surface area contributed by atoms with Crippen LogP contribution < -0.4 is 5.32 Å². The monoisotopic (exact) mass is 658 g/mol. The van der Waals surface area contributed by atoms with E-state index in [0.717, 1.165) is 38.5 Å². The number of rotatable bonds is 33. The Hall–Kier alpha value is -1.22. The fourth-order valence-electron chi connectivity index (χ4n) is 5.57. The number of carbonyl (C=O) groups is 1. The van der Waals surface area contributed by atoms with Crippen LogP contribution in [-0.4, -0.2) is 53.1 Å². The molecule has 4 N–H and O–H groups in total. The Morgan fingerprint density at radius 3 is 1.40 bits per heavy atom. The molecule has 8 heteroatoms. The summed E-state index contributed by atoms with van der Waals surface area (Å²) in [4.78, 5) is 12.5. The Kier molecular flexibility index (Phi) is 30.5. The standard InChI is InChI=1S/C37H71NO6S/c1-3-5-7-9-11-13-15-17-18-19-20-22-23-25-27-29-31-35(39)34(33-45(42,43)44)38-37(41)36(40)32-30-28-26-24-21-16-14-12-10-8-6-4-2/h21,24,29,31,34-36,39-40H,3-20,22-23,25-28,30,32-33H2,1-2H3,(H,38,41)(H,42,43,44)/b24-21-,31-29+. The van der Waals surface area contributed by atoms with Crippen molar-refractivity contribution in [2.45, 2.75) is 199 Å². The smallest absolute Gasteiger partial charge is 0.267 e. The zero-order valence-corrected chi connectivity index (χ0v) is 29.9. The van der Waals surface area contributed by atoms with Crippen molar-refractivity contribution in [1.82, 2.24) is 5.32 Å². The van der Waals surface area contributed by atoms with Gasteiger partial charge >= 0.3 is 0 Å². The van der Waals surface area contributed by atoms with E-state index in [-0.39, 0.29) is 6.42 Å². The topological polar surface area (TPSA) is 124 Å². The van der Waals surface area contributed by atoms with E-state index < -0.39 is 40.0 Å². The molecule has 7 nitrogen and oxygen atoms in total. The van der Waals surface area contributed by atoms with Crippen LogP contribution in [0.3, 0.4) is 0 Å². The van der Waals surface area contributed by atoms with Gasteiger partial charge in [-0.25, -0.2) is 0 Å². The average molecular weight is 658 g/mol. The third-order valence-corrected chi connectivity index (χ3v) is 9.26. The van der Waals surface area contributed by atoms with Crippen LogP contribution in [0.25, 0.3) is 0 Å². The van der Waals surface area contributed by atoms with Gasteiger partial charge in [0.2, 0.25) is 5.91 Å². The first kappa shape index (κ1) is 43.8. The summed E-state index contributed by atoms with van der Waals surface area (Å²) in [5.41, 5.74) is 0. The summed E-state index contributed by atoms with van der Waals surface area (Å²) in [6.45, 7) is 4.48. The minimum atomic E-state index is -4.44. The van der Waals surface area contributed by atoms with Gasteiger partial charge in [0.1, 0.15) is 6.10 Å². The molecule has 0 aliphatic rings. The zero-order valence-electron chi connectivity index (χ0n) is 29.1. The quantitative estimate of drug-likeness (QED) is 0.0317. The van der Waals surface area contributed by atoms with Gasteiger partial charge in [0.25, 0.3) is 10.1 Å². The van der Waals surface area contributed by atoms with Crippen LogP contribution in [0.4, 0.5) is 0 Å². The number of unbranched alkanes of at least 4 members (excludes halogenated alkanes) is 22. The predicted octanol–water partition coefficient (Wildman–Crippen LogP) is 9.38. The highest BCUT2D eigenvalue weighted by molar-refractivity contribution is 7.85. The Morgan fingerprint density at radius 1 is 0.600 bits per heavy atom. The van der Waals surface area contributed by atoms with Crippen LogP contribution in [0.1, 0.15) is 181 Å². The Labute approximate surface area is 277 Å². The minimum absolute atomic E-state index is 0.251. The number of amides is 1. The largest absolute Gasteiger partial charge is 0.387 e. The van der Waals surface area contributed by atoms with Gasteiger partial charge in [-0.2, -0.15) is 8.42 Å². The molecule has 0 radical (unpaired) electrons. The van der Waals surface area contributed by atoms with Crippen molar-refractivity contribution in [3.8, 4) is 0 Å². The highest BCUT2D eigenvalue weighted by Gasteiger charge is 2.27. The third-order valence-electron chi connectivity index (χ3n) is 8.48. The second-order valence-corrected chi connectivity index (χ2v) is 14.5. The Morgan fingerprint density at radius 2 is 0.978 bits per heavy atom. The van der Waals surface area contributed by atoms with E-state index in [1.54, 1.807) is 6.08 Å². The van der Waals surface area contributed by atoms with Crippen LogP contribution in [0.15, 0.2) is 24.3 Å². The lowest BCUT2D eigenvalue weighted by Crippen LogP contribution is -2.50. The maximum absolute atomic E-state index is 12.5. The van der Waals surface area contributed by atoms with Crippen molar-refractivity contribution >= 4 is 16.0 Å². The average Bonchev–Trinajstić information content (AvgIpc) is 3.00. The molecule has 0 bridgehead atoms. The molecule has 3 unspecified atom stereocenters. The summed E-state index contributed by atoms with van der Waals surface area (Å²) in [6, 6.07) is -1.24. The van der Waals surface area contributed by atoms with E-state index in [2.05, 4.69) is 31.3 Å². The van der Waals surface area contributed by atoms with Crippen LogP contribution >= 0.6 is 0 Å². The van der Waals surface area contributed by atoms with E-state index >= 15 is 0 Å². The number of aliphatic hydroxyl groups excluding tert-OH is 2. The van der Waals surface area contributed by atoms with Crippen LogP contribution in [0.5, 0.6) is 0 Å². The lowest BCUT2D eigenvalue weighted by Gasteiger charge is -2.22. The number of hydrogen-bond acceptors (Lipinski definition) is 5. The number of nitrogens with one attached hydrogen (secondary N) is 1. The van der Waals surface area contributed by atoms with Gasteiger partial charge in [0, 0.05) is 0 Å². The maximum Gasteiger partial charge on any atom is 0.267 e. The molecule has 0 heterocycles. The van der Waals surface area contributed by atoms with Crippen LogP contribution in [-0.2, 0) is 14.9 Å². The summed E-state index contributed by atoms with van der Waals surface area (Å²) in [5.74, 6) is -1.55. The molecule has 1 amide bonds. The first-order valence-corrected chi connectivity index (χ1v) is 20.3. The van der Waals surface area contributed by atoms with Crippen LogP contribution in [0.2, 0.25) is 0 Å².